The fourth-order valence-electron chi connectivity index (χ4n) is 1.95. The molecule has 0 amide bonds. The first kappa shape index (κ1) is 11.6. The van der Waals surface area contributed by atoms with Crippen LogP contribution in [0.4, 0.5) is 0 Å². The Kier molecular flexibility index (Phi) is 2.88. The van der Waals surface area contributed by atoms with Crippen LogP contribution < -0.4 is 5.43 Å². The molecule has 1 aromatic carbocycles. The van der Waals surface area contributed by atoms with Crippen molar-refractivity contribution in [1.29, 1.82) is 0 Å². The van der Waals surface area contributed by atoms with Crippen LogP contribution in [0.1, 0.15) is 30.7 Å². The number of hydrogen-bond acceptors (Lipinski definition) is 2. The maximum Gasteiger partial charge on any atom is 0.192 e. The highest BCUT2D eigenvalue weighted by atomic mass is 16.3. The van der Waals surface area contributed by atoms with Gasteiger partial charge in [-0.3, -0.25) is 4.79 Å². The topological polar surface area (TPSA) is 30.2 Å². The van der Waals surface area contributed by atoms with Crippen LogP contribution >= 0.6 is 0 Å². The van der Waals surface area contributed by atoms with Crippen molar-refractivity contribution < 1.29 is 4.42 Å². The van der Waals surface area contributed by atoms with Crippen LogP contribution in [0.2, 0.25) is 0 Å². The summed E-state index contributed by atoms with van der Waals surface area (Å²) in [5, 5.41) is 0.652. The minimum absolute atomic E-state index is 0.0237. The van der Waals surface area contributed by atoms with Crippen molar-refractivity contribution in [2.24, 2.45) is 0 Å². The Bertz CT molecular complexity index is 656. The molecular weight excluding hydrogens is 212 g/mol. The Labute approximate surface area is 101 Å². The third-order valence-corrected chi connectivity index (χ3v) is 2.75. The van der Waals surface area contributed by atoms with E-state index in [9.17, 15) is 4.79 Å². The van der Waals surface area contributed by atoms with Gasteiger partial charge >= 0.3 is 0 Å². The quantitative estimate of drug-likeness (QED) is 0.742. The lowest BCUT2D eigenvalue weighted by Crippen LogP contribution is -2.01. The monoisotopic (exact) mass is 228 g/mol. The second-order valence-corrected chi connectivity index (χ2v) is 4.60. The normalized spacial score (nSPS) is 10.6. The van der Waals surface area contributed by atoms with Crippen LogP contribution in [0.3, 0.4) is 0 Å². The van der Waals surface area contributed by atoms with Crippen LogP contribution in [0.5, 0.6) is 0 Å². The summed E-state index contributed by atoms with van der Waals surface area (Å²) in [6.07, 6.45) is 2.09. The molecular formula is C15H16O2. The van der Waals surface area contributed by atoms with Crippen LogP contribution in [0.25, 0.3) is 17.0 Å². The van der Waals surface area contributed by atoms with Crippen molar-refractivity contribution in [3.05, 3.63) is 50.9 Å². The molecule has 2 heteroatoms. The summed E-state index contributed by atoms with van der Waals surface area (Å²) < 4.78 is 5.67. The third-order valence-electron chi connectivity index (χ3n) is 2.75. The minimum Gasteiger partial charge on any atom is -0.461 e. The van der Waals surface area contributed by atoms with Crippen LogP contribution in [0, 0.1) is 13.8 Å². The van der Waals surface area contributed by atoms with Gasteiger partial charge in [-0.05, 0) is 44.9 Å². The van der Waals surface area contributed by atoms with Crippen LogP contribution in [-0.2, 0) is 0 Å². The molecule has 0 aliphatic heterocycles. The van der Waals surface area contributed by atoms with Crippen LogP contribution in [0.15, 0.2) is 33.0 Å². The number of benzene rings is 1. The molecule has 2 aromatic rings. The first-order valence-electron chi connectivity index (χ1n) is 5.68. The Morgan fingerprint density at radius 2 is 1.94 bits per heavy atom. The van der Waals surface area contributed by atoms with Gasteiger partial charge < -0.3 is 4.42 Å². The number of allylic oxidation sites excluding steroid dienone is 1. The first-order valence-corrected chi connectivity index (χ1v) is 5.68. The van der Waals surface area contributed by atoms with Crippen molar-refractivity contribution >= 4 is 17.0 Å². The molecule has 0 fully saturated rings. The standard InChI is InChI=1S/C15H16O2/c1-9(2)7-12-5-6-13-14(16)8-10(3)17-15(13)11(12)4/h5-8H,1-4H3. The highest BCUT2D eigenvalue weighted by Gasteiger charge is 2.07. The molecule has 1 aromatic heterocycles. The minimum atomic E-state index is 0.0237. The average molecular weight is 228 g/mol. The van der Waals surface area contributed by atoms with Gasteiger partial charge in [-0.25, -0.2) is 0 Å². The Hall–Kier alpha value is -1.83. The van der Waals surface area contributed by atoms with Crippen molar-refractivity contribution in [2.75, 3.05) is 0 Å². The molecule has 2 rings (SSSR count). The zero-order chi connectivity index (χ0) is 12.6. The smallest absolute Gasteiger partial charge is 0.192 e. The van der Waals surface area contributed by atoms with Gasteiger partial charge in [0.25, 0.3) is 0 Å². The van der Waals surface area contributed by atoms with E-state index in [1.165, 1.54) is 11.6 Å². The van der Waals surface area contributed by atoms with E-state index in [1.54, 1.807) is 6.92 Å². The first-order chi connectivity index (χ1) is 7.99. The van der Waals surface area contributed by atoms with Gasteiger partial charge in [0.15, 0.2) is 5.43 Å². The Morgan fingerprint density at radius 1 is 1.24 bits per heavy atom. The highest BCUT2D eigenvalue weighted by Crippen LogP contribution is 2.22. The molecule has 2 nitrogen and oxygen atoms in total. The summed E-state index contributed by atoms with van der Waals surface area (Å²) in [6.45, 7) is 7.89. The summed E-state index contributed by atoms with van der Waals surface area (Å²) in [5.41, 5.74) is 4.07. The van der Waals surface area contributed by atoms with Gasteiger partial charge in [0, 0.05) is 6.07 Å². The van der Waals surface area contributed by atoms with Gasteiger partial charge in [0.2, 0.25) is 0 Å². The molecule has 1 heterocycles. The molecule has 0 aliphatic carbocycles. The molecule has 0 saturated carbocycles. The molecule has 0 bridgehead atoms. The lowest BCUT2D eigenvalue weighted by Gasteiger charge is -2.06. The predicted molar refractivity (Wildman–Crippen MR) is 71.3 cm³/mol. The summed E-state index contributed by atoms with van der Waals surface area (Å²) in [7, 11) is 0. The summed E-state index contributed by atoms with van der Waals surface area (Å²) in [6, 6.07) is 5.33. The number of fused-ring (bicyclic) bond motifs is 1. The predicted octanol–water partition coefficient (Wildman–Crippen LogP) is 3.83. The van der Waals surface area contributed by atoms with E-state index in [0.29, 0.717) is 16.7 Å². The maximum atomic E-state index is 11.8. The van der Waals surface area contributed by atoms with E-state index in [1.807, 2.05) is 19.1 Å². The Balaban J connectivity index is 2.84. The Morgan fingerprint density at radius 3 is 2.59 bits per heavy atom. The zero-order valence-electron chi connectivity index (χ0n) is 10.6. The fourth-order valence-corrected chi connectivity index (χ4v) is 1.95. The van der Waals surface area contributed by atoms with Gasteiger partial charge in [-0.1, -0.05) is 17.7 Å². The lowest BCUT2D eigenvalue weighted by atomic mass is 10.0. The summed E-state index contributed by atoms with van der Waals surface area (Å²) in [4.78, 5) is 11.8. The van der Waals surface area contributed by atoms with Gasteiger partial charge in [0.1, 0.15) is 11.3 Å². The molecule has 17 heavy (non-hydrogen) atoms. The van der Waals surface area contributed by atoms with E-state index < -0.39 is 0 Å². The number of rotatable bonds is 1. The summed E-state index contributed by atoms with van der Waals surface area (Å²) >= 11 is 0. The molecule has 0 aliphatic rings. The molecule has 0 atom stereocenters. The molecule has 0 unspecified atom stereocenters. The molecule has 0 N–H and O–H groups in total. The lowest BCUT2D eigenvalue weighted by molar-refractivity contribution is 0.562. The van der Waals surface area contributed by atoms with Crippen molar-refractivity contribution in [3.63, 3.8) is 0 Å². The fraction of sp³-hybridized carbons (Fsp3) is 0.267. The van der Waals surface area contributed by atoms with E-state index in [2.05, 4.69) is 19.9 Å². The molecule has 88 valence electrons. The van der Waals surface area contributed by atoms with Gasteiger partial charge in [-0.2, -0.15) is 0 Å². The second-order valence-electron chi connectivity index (χ2n) is 4.60. The van der Waals surface area contributed by atoms with Crippen molar-refractivity contribution in [1.82, 2.24) is 0 Å². The molecule has 0 saturated heterocycles. The average Bonchev–Trinajstić information content (AvgIpc) is 2.22. The third kappa shape index (κ3) is 2.16. The van der Waals surface area contributed by atoms with Gasteiger partial charge in [0.05, 0.1) is 5.39 Å². The van der Waals surface area contributed by atoms with Crippen LogP contribution in [-0.4, -0.2) is 0 Å². The van der Waals surface area contributed by atoms with Gasteiger partial charge in [-0.15, -0.1) is 0 Å². The number of aryl methyl sites for hydroxylation is 2. The summed E-state index contributed by atoms with van der Waals surface area (Å²) in [5.74, 6) is 0.653. The largest absolute Gasteiger partial charge is 0.461 e. The van der Waals surface area contributed by atoms with E-state index >= 15 is 0 Å². The van der Waals surface area contributed by atoms with E-state index in [4.69, 9.17) is 4.42 Å². The van der Waals surface area contributed by atoms with E-state index in [0.717, 1.165) is 11.1 Å². The maximum absolute atomic E-state index is 11.8. The second kappa shape index (κ2) is 4.21. The zero-order valence-corrected chi connectivity index (χ0v) is 10.6. The highest BCUT2D eigenvalue weighted by molar-refractivity contribution is 5.83. The molecule has 0 radical (unpaired) electrons. The number of hydrogen-bond donors (Lipinski definition) is 0. The SMILES string of the molecule is CC(C)=Cc1ccc2c(=O)cc(C)oc2c1C. The van der Waals surface area contributed by atoms with Crippen molar-refractivity contribution in [2.45, 2.75) is 27.7 Å². The van der Waals surface area contributed by atoms with E-state index in [-0.39, 0.29) is 5.43 Å². The molecule has 0 spiro atoms. The van der Waals surface area contributed by atoms with Crippen molar-refractivity contribution in [3.8, 4) is 0 Å².